The van der Waals surface area contributed by atoms with Crippen LogP contribution in [0.25, 0.3) is 0 Å². The molecule has 0 amide bonds. The average Bonchev–Trinajstić information content (AvgIpc) is 2.34. The van der Waals surface area contributed by atoms with E-state index in [9.17, 15) is 4.39 Å². The molecule has 0 aromatic heterocycles. The van der Waals surface area contributed by atoms with Gasteiger partial charge < -0.3 is 5.73 Å². The van der Waals surface area contributed by atoms with Gasteiger partial charge in [-0.05, 0) is 30.5 Å². The van der Waals surface area contributed by atoms with Crippen LogP contribution in [0.2, 0.25) is 0 Å². The Kier molecular flexibility index (Phi) is 6.16. The summed E-state index contributed by atoms with van der Waals surface area (Å²) >= 11 is 0. The third kappa shape index (κ3) is 4.44. The van der Waals surface area contributed by atoms with Gasteiger partial charge in [-0.3, -0.25) is 4.90 Å². The largest absolute Gasteiger partial charge is 0.329 e. The number of benzene rings is 1. The lowest BCUT2D eigenvalue weighted by Crippen LogP contribution is -2.37. The Morgan fingerprint density at radius 1 is 1.18 bits per heavy atom. The zero-order valence-electron chi connectivity index (χ0n) is 10.8. The van der Waals surface area contributed by atoms with Gasteiger partial charge in [-0.15, -0.1) is 0 Å². The Labute approximate surface area is 104 Å². The van der Waals surface area contributed by atoms with Gasteiger partial charge in [-0.2, -0.15) is 0 Å². The molecule has 17 heavy (non-hydrogen) atoms. The minimum Gasteiger partial charge on any atom is -0.329 e. The Morgan fingerprint density at radius 2 is 1.76 bits per heavy atom. The Morgan fingerprint density at radius 3 is 2.24 bits per heavy atom. The van der Waals surface area contributed by atoms with Gasteiger partial charge in [-0.1, -0.05) is 26.0 Å². The second-order valence-electron chi connectivity index (χ2n) is 4.36. The van der Waals surface area contributed by atoms with E-state index in [1.54, 1.807) is 0 Å². The molecule has 96 valence electrons. The maximum Gasteiger partial charge on any atom is 0.123 e. The van der Waals surface area contributed by atoms with Crippen LogP contribution >= 0.6 is 0 Å². The number of nitrogens with two attached hydrogens (primary N) is 1. The SMILES string of the molecule is CCC(CC)N(CCN)Cc1ccc(F)cc1. The molecule has 0 unspecified atom stereocenters. The first-order valence-corrected chi connectivity index (χ1v) is 6.39. The van der Waals surface area contributed by atoms with Crippen molar-refractivity contribution in [2.75, 3.05) is 13.1 Å². The van der Waals surface area contributed by atoms with E-state index in [1.165, 1.54) is 12.1 Å². The summed E-state index contributed by atoms with van der Waals surface area (Å²) in [5.74, 6) is -0.179. The molecule has 1 rings (SSSR count). The van der Waals surface area contributed by atoms with Crippen LogP contribution in [0.15, 0.2) is 24.3 Å². The molecule has 0 fully saturated rings. The quantitative estimate of drug-likeness (QED) is 0.791. The summed E-state index contributed by atoms with van der Waals surface area (Å²) in [5, 5.41) is 0. The lowest BCUT2D eigenvalue weighted by molar-refractivity contribution is 0.182. The summed E-state index contributed by atoms with van der Waals surface area (Å²) in [7, 11) is 0. The second-order valence-corrected chi connectivity index (χ2v) is 4.36. The molecule has 0 bridgehead atoms. The van der Waals surface area contributed by atoms with Gasteiger partial charge >= 0.3 is 0 Å². The Bertz CT molecular complexity index is 307. The van der Waals surface area contributed by atoms with Gasteiger partial charge in [-0.25, -0.2) is 4.39 Å². The van der Waals surface area contributed by atoms with Crippen LogP contribution in [0.5, 0.6) is 0 Å². The maximum atomic E-state index is 12.8. The van der Waals surface area contributed by atoms with E-state index in [4.69, 9.17) is 5.73 Å². The van der Waals surface area contributed by atoms with E-state index >= 15 is 0 Å². The highest BCUT2D eigenvalue weighted by Crippen LogP contribution is 2.13. The summed E-state index contributed by atoms with van der Waals surface area (Å²) in [6.07, 6.45) is 2.25. The smallest absolute Gasteiger partial charge is 0.123 e. The van der Waals surface area contributed by atoms with Crippen LogP contribution in [0.3, 0.4) is 0 Å². The van der Waals surface area contributed by atoms with Crippen molar-refractivity contribution in [3.05, 3.63) is 35.6 Å². The average molecular weight is 238 g/mol. The summed E-state index contributed by atoms with van der Waals surface area (Å²) in [4.78, 5) is 2.38. The predicted molar refractivity (Wildman–Crippen MR) is 70.2 cm³/mol. The fourth-order valence-corrected chi connectivity index (χ4v) is 2.19. The Balaban J connectivity index is 2.68. The fourth-order valence-electron chi connectivity index (χ4n) is 2.19. The van der Waals surface area contributed by atoms with Gasteiger partial charge in [0.1, 0.15) is 5.82 Å². The van der Waals surface area contributed by atoms with E-state index in [1.807, 2.05) is 12.1 Å². The fraction of sp³-hybridized carbons (Fsp3) is 0.571. The van der Waals surface area contributed by atoms with E-state index in [2.05, 4.69) is 18.7 Å². The maximum absolute atomic E-state index is 12.8. The summed E-state index contributed by atoms with van der Waals surface area (Å²) in [5.41, 5.74) is 6.80. The van der Waals surface area contributed by atoms with Crippen molar-refractivity contribution in [2.24, 2.45) is 5.73 Å². The topological polar surface area (TPSA) is 29.3 Å². The van der Waals surface area contributed by atoms with Crippen molar-refractivity contribution >= 4 is 0 Å². The first-order chi connectivity index (χ1) is 8.21. The van der Waals surface area contributed by atoms with Crippen molar-refractivity contribution < 1.29 is 4.39 Å². The minimum atomic E-state index is -0.179. The Hall–Kier alpha value is -0.930. The molecule has 0 heterocycles. The van der Waals surface area contributed by atoms with Crippen LogP contribution < -0.4 is 5.73 Å². The first kappa shape index (κ1) is 14.1. The first-order valence-electron chi connectivity index (χ1n) is 6.39. The minimum absolute atomic E-state index is 0.179. The van der Waals surface area contributed by atoms with Gasteiger partial charge in [0.15, 0.2) is 0 Å². The number of rotatable bonds is 7. The van der Waals surface area contributed by atoms with E-state index < -0.39 is 0 Å². The van der Waals surface area contributed by atoms with E-state index in [0.29, 0.717) is 12.6 Å². The standard InChI is InChI=1S/C14H23FN2/c1-3-14(4-2)17(10-9-16)11-12-5-7-13(15)8-6-12/h5-8,14H,3-4,9-11,16H2,1-2H3. The summed E-state index contributed by atoms with van der Waals surface area (Å²) < 4.78 is 12.8. The molecule has 1 aromatic rings. The third-order valence-electron chi connectivity index (χ3n) is 3.17. The molecule has 1 aromatic carbocycles. The second kappa shape index (κ2) is 7.41. The van der Waals surface area contributed by atoms with Crippen molar-refractivity contribution in [3.8, 4) is 0 Å². The van der Waals surface area contributed by atoms with Gasteiger partial charge in [0.05, 0.1) is 0 Å². The monoisotopic (exact) mass is 238 g/mol. The molecular weight excluding hydrogens is 215 g/mol. The highest BCUT2D eigenvalue weighted by molar-refractivity contribution is 5.16. The molecule has 0 aliphatic rings. The van der Waals surface area contributed by atoms with Crippen molar-refractivity contribution in [3.63, 3.8) is 0 Å². The van der Waals surface area contributed by atoms with Gasteiger partial charge in [0, 0.05) is 25.7 Å². The third-order valence-corrected chi connectivity index (χ3v) is 3.17. The zero-order chi connectivity index (χ0) is 12.7. The van der Waals surface area contributed by atoms with Crippen molar-refractivity contribution in [1.82, 2.24) is 4.90 Å². The van der Waals surface area contributed by atoms with Crippen LogP contribution in [-0.2, 0) is 6.54 Å². The molecular formula is C14H23FN2. The zero-order valence-corrected chi connectivity index (χ0v) is 10.8. The molecule has 2 nitrogen and oxygen atoms in total. The van der Waals surface area contributed by atoms with Gasteiger partial charge in [0.25, 0.3) is 0 Å². The number of hydrogen-bond donors (Lipinski definition) is 1. The van der Waals surface area contributed by atoms with Crippen molar-refractivity contribution in [1.29, 1.82) is 0 Å². The lowest BCUT2D eigenvalue weighted by atomic mass is 10.1. The van der Waals surface area contributed by atoms with E-state index in [0.717, 1.165) is 31.5 Å². The van der Waals surface area contributed by atoms with Crippen LogP contribution in [0.1, 0.15) is 32.3 Å². The predicted octanol–water partition coefficient (Wildman–Crippen LogP) is 2.78. The molecule has 2 N–H and O–H groups in total. The summed E-state index contributed by atoms with van der Waals surface area (Å²) in [6, 6.07) is 7.29. The van der Waals surface area contributed by atoms with Crippen LogP contribution in [0, 0.1) is 5.82 Å². The summed E-state index contributed by atoms with van der Waals surface area (Å²) in [6.45, 7) is 6.80. The number of nitrogens with zero attached hydrogens (tertiary/aromatic N) is 1. The molecule has 0 aliphatic carbocycles. The van der Waals surface area contributed by atoms with Crippen LogP contribution in [0.4, 0.5) is 4.39 Å². The van der Waals surface area contributed by atoms with Crippen molar-refractivity contribution in [2.45, 2.75) is 39.3 Å². The normalized spacial score (nSPS) is 11.4. The number of hydrogen-bond acceptors (Lipinski definition) is 2. The molecule has 3 heteroatoms. The molecule has 0 saturated carbocycles. The highest BCUT2D eigenvalue weighted by Gasteiger charge is 2.14. The lowest BCUT2D eigenvalue weighted by Gasteiger charge is -2.30. The molecule has 0 atom stereocenters. The van der Waals surface area contributed by atoms with Gasteiger partial charge in [0.2, 0.25) is 0 Å². The molecule has 0 saturated heterocycles. The molecule has 0 aliphatic heterocycles. The molecule has 0 spiro atoms. The van der Waals surface area contributed by atoms with Crippen LogP contribution in [-0.4, -0.2) is 24.0 Å². The number of halogens is 1. The molecule has 0 radical (unpaired) electrons. The van der Waals surface area contributed by atoms with E-state index in [-0.39, 0.29) is 5.82 Å². The highest BCUT2D eigenvalue weighted by atomic mass is 19.1.